The lowest BCUT2D eigenvalue weighted by atomic mass is 10.7. The number of ether oxygens (including phenoxy) is 2. The van der Waals surface area contributed by atoms with Gasteiger partial charge in [-0.25, -0.2) is 9.59 Å². The molecule has 0 atom stereocenters. The summed E-state index contributed by atoms with van der Waals surface area (Å²) in [6, 6.07) is 0. The zero-order valence-electron chi connectivity index (χ0n) is 6.20. The Labute approximate surface area is 63.7 Å². The molecule has 66 valence electrons. The van der Waals surface area contributed by atoms with Crippen molar-refractivity contribution in [3.63, 3.8) is 0 Å². The molecule has 0 rings (SSSR count). The van der Waals surface area contributed by atoms with E-state index in [4.69, 9.17) is 5.11 Å². The molecule has 0 unspecified atom stereocenters. The molecule has 0 fully saturated rings. The Hall–Kier alpha value is -1.14. The number of carboxylic acids is 1. The van der Waals surface area contributed by atoms with Crippen molar-refractivity contribution >= 4 is 11.9 Å². The maximum Gasteiger partial charge on any atom is 0.331 e. The summed E-state index contributed by atoms with van der Waals surface area (Å²) in [6.45, 7) is -0.794. The topological polar surface area (TPSA) is 108 Å². The third kappa shape index (κ3) is 8.86. The first-order valence-electron chi connectivity index (χ1n) is 2.53. The number of methoxy groups -OCH3 is 1. The summed E-state index contributed by atoms with van der Waals surface area (Å²) in [7, 11) is 1.20. The molecule has 0 aliphatic heterocycles. The van der Waals surface area contributed by atoms with E-state index in [9.17, 15) is 9.59 Å². The maximum atomic E-state index is 10.3. The predicted octanol–water partition coefficient (Wildman–Crippen LogP) is -0.577. The molecule has 0 heterocycles. The molecule has 0 aromatic rings. The van der Waals surface area contributed by atoms with Crippen LogP contribution in [0.1, 0.15) is 0 Å². The molecule has 6 heteroatoms. The van der Waals surface area contributed by atoms with Crippen LogP contribution >= 0.6 is 0 Å². The van der Waals surface area contributed by atoms with Crippen molar-refractivity contribution in [2.24, 2.45) is 0 Å². The maximum absolute atomic E-state index is 10.3. The molecular formula is C5H11NO5. The molecule has 11 heavy (non-hydrogen) atoms. The fourth-order valence-electron chi connectivity index (χ4n) is 0.281. The van der Waals surface area contributed by atoms with Gasteiger partial charge in [0.1, 0.15) is 13.2 Å². The number of hydrogen-bond donors (Lipinski definition) is 2. The molecule has 0 spiro atoms. The molecule has 4 N–H and O–H groups in total. The number of rotatable bonds is 4. The van der Waals surface area contributed by atoms with Gasteiger partial charge in [0.05, 0.1) is 7.11 Å². The van der Waals surface area contributed by atoms with Crippen molar-refractivity contribution in [2.75, 3.05) is 20.3 Å². The molecule has 0 aliphatic rings. The average Bonchev–Trinajstić information content (AvgIpc) is 1.87. The third-order valence-corrected chi connectivity index (χ3v) is 0.673. The van der Waals surface area contributed by atoms with E-state index in [1.165, 1.54) is 7.11 Å². The molecule has 6 nitrogen and oxygen atoms in total. The van der Waals surface area contributed by atoms with E-state index in [0.717, 1.165) is 0 Å². The van der Waals surface area contributed by atoms with Crippen LogP contribution in [0.4, 0.5) is 0 Å². The van der Waals surface area contributed by atoms with Gasteiger partial charge in [-0.2, -0.15) is 0 Å². The highest BCUT2D eigenvalue weighted by atomic mass is 16.6. The summed E-state index contributed by atoms with van der Waals surface area (Å²) in [5.41, 5.74) is 0. The Kier molecular flexibility index (Phi) is 7.94. The van der Waals surface area contributed by atoms with E-state index in [1.807, 2.05) is 0 Å². The van der Waals surface area contributed by atoms with Crippen molar-refractivity contribution in [2.45, 2.75) is 0 Å². The number of carbonyl (C=O) groups excluding carboxylic acids is 1. The molecule has 0 aromatic carbocycles. The van der Waals surface area contributed by atoms with Gasteiger partial charge in [0, 0.05) is 0 Å². The lowest BCUT2D eigenvalue weighted by Crippen LogP contribution is -2.14. The van der Waals surface area contributed by atoms with E-state index >= 15 is 0 Å². The quantitative estimate of drug-likeness (QED) is 0.539. The molecular weight excluding hydrogens is 154 g/mol. The van der Waals surface area contributed by atoms with Crippen molar-refractivity contribution in [3.8, 4) is 0 Å². The second kappa shape index (κ2) is 6.97. The van der Waals surface area contributed by atoms with Crippen molar-refractivity contribution < 1.29 is 24.2 Å². The summed E-state index contributed by atoms with van der Waals surface area (Å²) in [6.07, 6.45) is 0. The van der Waals surface area contributed by atoms with Crippen molar-refractivity contribution in [1.82, 2.24) is 6.15 Å². The minimum absolute atomic E-state index is 0. The molecule has 0 aliphatic carbocycles. The Morgan fingerprint density at radius 1 is 1.36 bits per heavy atom. The largest absolute Gasteiger partial charge is 0.480 e. The normalized spacial score (nSPS) is 8.09. The van der Waals surface area contributed by atoms with E-state index < -0.39 is 18.5 Å². The van der Waals surface area contributed by atoms with Crippen LogP contribution in [-0.2, 0) is 19.1 Å². The first-order valence-corrected chi connectivity index (χ1v) is 2.53. The number of esters is 1. The van der Waals surface area contributed by atoms with E-state index in [2.05, 4.69) is 9.47 Å². The summed E-state index contributed by atoms with van der Waals surface area (Å²) >= 11 is 0. The fraction of sp³-hybridized carbons (Fsp3) is 0.600. The SMILES string of the molecule is COC(=O)COCC(=O)O.N. The molecule has 0 radical (unpaired) electrons. The number of hydrogen-bond acceptors (Lipinski definition) is 5. The summed E-state index contributed by atoms with van der Waals surface area (Å²) < 4.78 is 8.55. The zero-order chi connectivity index (χ0) is 7.98. The van der Waals surface area contributed by atoms with Crippen LogP contribution in [0.5, 0.6) is 0 Å². The van der Waals surface area contributed by atoms with Gasteiger partial charge in [0.2, 0.25) is 0 Å². The van der Waals surface area contributed by atoms with Gasteiger partial charge in [-0.05, 0) is 0 Å². The lowest BCUT2D eigenvalue weighted by molar-refractivity contribution is -0.150. The van der Waals surface area contributed by atoms with Gasteiger partial charge in [-0.3, -0.25) is 0 Å². The van der Waals surface area contributed by atoms with Crippen LogP contribution in [0, 0.1) is 0 Å². The van der Waals surface area contributed by atoms with Gasteiger partial charge in [0.15, 0.2) is 0 Å². The molecule has 0 amide bonds. The lowest BCUT2D eigenvalue weighted by Gasteiger charge is -1.97. The first-order chi connectivity index (χ1) is 4.66. The second-order valence-corrected chi connectivity index (χ2v) is 1.46. The Morgan fingerprint density at radius 3 is 2.27 bits per heavy atom. The van der Waals surface area contributed by atoms with E-state index in [0.29, 0.717) is 0 Å². The standard InChI is InChI=1S/C5H8O5.H3N/c1-9-5(8)3-10-2-4(6)7;/h2-3H2,1H3,(H,6,7);1H3. The first kappa shape index (κ1) is 12.5. The van der Waals surface area contributed by atoms with Crippen LogP contribution < -0.4 is 6.15 Å². The van der Waals surface area contributed by atoms with Crippen molar-refractivity contribution in [3.05, 3.63) is 0 Å². The van der Waals surface area contributed by atoms with Crippen LogP contribution in [0.2, 0.25) is 0 Å². The molecule has 0 saturated heterocycles. The Bertz CT molecular complexity index is 135. The van der Waals surface area contributed by atoms with E-state index in [-0.39, 0.29) is 12.8 Å². The van der Waals surface area contributed by atoms with Crippen molar-refractivity contribution in [1.29, 1.82) is 0 Å². The Morgan fingerprint density at radius 2 is 1.91 bits per heavy atom. The molecule has 0 saturated carbocycles. The highest BCUT2D eigenvalue weighted by Gasteiger charge is 2.01. The number of carbonyl (C=O) groups is 2. The second-order valence-electron chi connectivity index (χ2n) is 1.46. The number of carboxylic acid groups (broad SMARTS) is 1. The summed E-state index contributed by atoms with van der Waals surface area (Å²) in [4.78, 5) is 20.0. The summed E-state index contributed by atoms with van der Waals surface area (Å²) in [5.74, 6) is -1.69. The van der Waals surface area contributed by atoms with Gasteiger partial charge in [-0.1, -0.05) is 0 Å². The minimum Gasteiger partial charge on any atom is -0.480 e. The number of aliphatic carboxylic acids is 1. The van der Waals surface area contributed by atoms with Gasteiger partial charge in [-0.15, -0.1) is 0 Å². The van der Waals surface area contributed by atoms with E-state index in [1.54, 1.807) is 0 Å². The Balaban J connectivity index is 0. The van der Waals surface area contributed by atoms with Crippen LogP contribution in [0.15, 0.2) is 0 Å². The fourth-order valence-corrected chi connectivity index (χ4v) is 0.281. The molecule has 0 aromatic heterocycles. The van der Waals surface area contributed by atoms with Gasteiger partial charge in [0.25, 0.3) is 0 Å². The van der Waals surface area contributed by atoms with Crippen LogP contribution in [0.25, 0.3) is 0 Å². The highest BCUT2D eigenvalue weighted by Crippen LogP contribution is 1.77. The third-order valence-electron chi connectivity index (χ3n) is 0.673. The minimum atomic E-state index is -1.11. The van der Waals surface area contributed by atoms with Gasteiger partial charge >= 0.3 is 11.9 Å². The predicted molar refractivity (Wildman–Crippen MR) is 35.5 cm³/mol. The smallest absolute Gasteiger partial charge is 0.331 e. The van der Waals surface area contributed by atoms with Crippen LogP contribution in [0.3, 0.4) is 0 Å². The molecule has 0 bridgehead atoms. The average molecular weight is 165 g/mol. The monoisotopic (exact) mass is 165 g/mol. The highest BCUT2D eigenvalue weighted by molar-refractivity contribution is 5.72. The zero-order valence-corrected chi connectivity index (χ0v) is 6.20. The van der Waals surface area contributed by atoms with Crippen LogP contribution in [-0.4, -0.2) is 37.4 Å². The van der Waals surface area contributed by atoms with Gasteiger partial charge < -0.3 is 20.7 Å². The summed E-state index contributed by atoms with van der Waals surface area (Å²) in [5, 5.41) is 8.02.